The Kier molecular flexibility index (Phi) is 4.48. The van der Waals surface area contributed by atoms with Gasteiger partial charge in [-0.3, -0.25) is 9.89 Å². The summed E-state index contributed by atoms with van der Waals surface area (Å²) in [6, 6.07) is 8.17. The fourth-order valence-electron chi connectivity index (χ4n) is 3.06. The van der Waals surface area contributed by atoms with E-state index in [2.05, 4.69) is 36.2 Å². The summed E-state index contributed by atoms with van der Waals surface area (Å²) in [5, 5.41) is 7.16. The minimum atomic E-state index is -0.0272. The predicted molar refractivity (Wildman–Crippen MR) is 91.9 cm³/mol. The molecule has 1 aliphatic heterocycles. The Hall–Kier alpha value is -2.14. The standard InChI is InChI=1S/C18H24N4O/c1-12(2)15-11-16(21-20-15)18(23)22-9-3-4-14-10-13(7-8-19)5-6-17(14)22/h5-6,10-12H,3-4,7-9,19H2,1-2H3,(H,20,21). The maximum Gasteiger partial charge on any atom is 0.278 e. The van der Waals surface area contributed by atoms with Crippen molar-refractivity contribution in [2.75, 3.05) is 18.0 Å². The van der Waals surface area contributed by atoms with E-state index in [1.165, 1.54) is 11.1 Å². The average molecular weight is 312 g/mol. The number of fused-ring (bicyclic) bond motifs is 1. The number of aryl methyl sites for hydroxylation is 1. The maximum absolute atomic E-state index is 12.8. The van der Waals surface area contributed by atoms with Crippen molar-refractivity contribution < 1.29 is 4.79 Å². The Labute approximate surface area is 136 Å². The van der Waals surface area contributed by atoms with Gasteiger partial charge in [-0.25, -0.2) is 0 Å². The number of hydrogen-bond donors (Lipinski definition) is 2. The van der Waals surface area contributed by atoms with Gasteiger partial charge in [0.25, 0.3) is 5.91 Å². The first kappa shape index (κ1) is 15.7. The van der Waals surface area contributed by atoms with E-state index >= 15 is 0 Å². The van der Waals surface area contributed by atoms with Crippen molar-refractivity contribution >= 4 is 11.6 Å². The highest BCUT2D eigenvalue weighted by Crippen LogP contribution is 2.29. The lowest BCUT2D eigenvalue weighted by molar-refractivity contribution is 0.0980. The van der Waals surface area contributed by atoms with Gasteiger partial charge in [-0.2, -0.15) is 5.10 Å². The van der Waals surface area contributed by atoms with E-state index in [0.29, 0.717) is 18.2 Å². The van der Waals surface area contributed by atoms with E-state index in [-0.39, 0.29) is 5.91 Å². The average Bonchev–Trinajstić information content (AvgIpc) is 3.04. The lowest BCUT2D eigenvalue weighted by atomic mass is 9.97. The molecule has 0 aliphatic carbocycles. The van der Waals surface area contributed by atoms with Crippen LogP contribution in [0.5, 0.6) is 0 Å². The van der Waals surface area contributed by atoms with Gasteiger partial charge in [-0.1, -0.05) is 26.0 Å². The molecule has 0 atom stereocenters. The number of rotatable bonds is 4. The molecule has 0 fully saturated rings. The molecule has 3 N–H and O–H groups in total. The highest BCUT2D eigenvalue weighted by atomic mass is 16.2. The lowest BCUT2D eigenvalue weighted by Crippen LogP contribution is -2.35. The molecule has 23 heavy (non-hydrogen) atoms. The van der Waals surface area contributed by atoms with Gasteiger partial charge in [-0.15, -0.1) is 0 Å². The summed E-state index contributed by atoms with van der Waals surface area (Å²) in [7, 11) is 0. The molecule has 1 aromatic heterocycles. The molecule has 2 heterocycles. The molecule has 2 aromatic rings. The molecule has 0 radical (unpaired) electrons. The molecule has 5 nitrogen and oxygen atoms in total. The third-order valence-electron chi connectivity index (χ3n) is 4.38. The molecule has 0 spiro atoms. The fourth-order valence-corrected chi connectivity index (χ4v) is 3.06. The number of nitrogens with two attached hydrogens (primary N) is 1. The van der Waals surface area contributed by atoms with Crippen molar-refractivity contribution in [2.24, 2.45) is 5.73 Å². The molecule has 0 saturated carbocycles. The van der Waals surface area contributed by atoms with Crippen LogP contribution in [0.15, 0.2) is 24.3 Å². The number of hydrogen-bond acceptors (Lipinski definition) is 3. The second-order valence-corrected chi connectivity index (χ2v) is 6.43. The zero-order valence-corrected chi connectivity index (χ0v) is 13.8. The molecule has 122 valence electrons. The van der Waals surface area contributed by atoms with Crippen molar-refractivity contribution in [1.29, 1.82) is 0 Å². The van der Waals surface area contributed by atoms with Gasteiger partial charge in [0.15, 0.2) is 5.69 Å². The van der Waals surface area contributed by atoms with Gasteiger partial charge >= 0.3 is 0 Å². The molecule has 0 bridgehead atoms. The number of H-pyrrole nitrogens is 1. The van der Waals surface area contributed by atoms with Crippen molar-refractivity contribution in [3.05, 3.63) is 46.8 Å². The van der Waals surface area contributed by atoms with E-state index in [1.54, 1.807) is 0 Å². The minimum Gasteiger partial charge on any atom is -0.330 e. The van der Waals surface area contributed by atoms with Crippen LogP contribution in [0.3, 0.4) is 0 Å². The quantitative estimate of drug-likeness (QED) is 0.911. The number of aromatic amines is 1. The first-order chi connectivity index (χ1) is 11.1. The van der Waals surface area contributed by atoms with Gasteiger partial charge in [0.1, 0.15) is 0 Å². The molecule has 1 aromatic carbocycles. The van der Waals surface area contributed by atoms with Crippen molar-refractivity contribution in [2.45, 2.75) is 39.0 Å². The van der Waals surface area contributed by atoms with Gasteiger partial charge in [0.05, 0.1) is 0 Å². The Morgan fingerprint density at radius 1 is 1.39 bits per heavy atom. The monoisotopic (exact) mass is 312 g/mol. The summed E-state index contributed by atoms with van der Waals surface area (Å²) in [5.41, 5.74) is 10.6. The first-order valence-corrected chi connectivity index (χ1v) is 8.29. The maximum atomic E-state index is 12.8. The molecule has 3 rings (SSSR count). The number of amides is 1. The molecule has 1 aliphatic rings. The Balaban J connectivity index is 1.88. The predicted octanol–water partition coefficient (Wildman–Crippen LogP) is 2.63. The molecular weight excluding hydrogens is 288 g/mol. The van der Waals surface area contributed by atoms with Crippen LogP contribution in [0.25, 0.3) is 0 Å². The lowest BCUT2D eigenvalue weighted by Gasteiger charge is -2.29. The van der Waals surface area contributed by atoms with E-state index in [4.69, 9.17) is 5.73 Å². The van der Waals surface area contributed by atoms with Crippen LogP contribution in [0, 0.1) is 0 Å². The topological polar surface area (TPSA) is 75.0 Å². The van der Waals surface area contributed by atoms with Gasteiger partial charge in [-0.05, 0) is 55.0 Å². The van der Waals surface area contributed by atoms with Gasteiger partial charge in [0.2, 0.25) is 0 Å². The summed E-state index contributed by atoms with van der Waals surface area (Å²) in [6.07, 6.45) is 2.86. The van der Waals surface area contributed by atoms with Crippen LogP contribution in [-0.2, 0) is 12.8 Å². The molecular formula is C18H24N4O. The van der Waals surface area contributed by atoms with E-state index in [1.807, 2.05) is 17.0 Å². The molecule has 5 heteroatoms. The Morgan fingerprint density at radius 2 is 2.22 bits per heavy atom. The zero-order valence-electron chi connectivity index (χ0n) is 13.8. The molecule has 0 saturated heterocycles. The summed E-state index contributed by atoms with van der Waals surface area (Å²) < 4.78 is 0. The highest BCUT2D eigenvalue weighted by Gasteiger charge is 2.25. The van der Waals surface area contributed by atoms with Crippen LogP contribution in [0.1, 0.15) is 53.5 Å². The van der Waals surface area contributed by atoms with Crippen LogP contribution in [0.2, 0.25) is 0 Å². The highest BCUT2D eigenvalue weighted by molar-refractivity contribution is 6.05. The summed E-state index contributed by atoms with van der Waals surface area (Å²) in [6.45, 7) is 5.55. The third-order valence-corrected chi connectivity index (χ3v) is 4.38. The fraction of sp³-hybridized carbons (Fsp3) is 0.444. The van der Waals surface area contributed by atoms with Crippen LogP contribution in [-0.4, -0.2) is 29.2 Å². The van der Waals surface area contributed by atoms with Crippen LogP contribution >= 0.6 is 0 Å². The van der Waals surface area contributed by atoms with Gasteiger partial charge in [0, 0.05) is 17.9 Å². The number of anilines is 1. The Bertz CT molecular complexity index is 705. The minimum absolute atomic E-state index is 0.0272. The normalized spacial score (nSPS) is 14.2. The number of benzene rings is 1. The number of nitrogens with one attached hydrogen (secondary N) is 1. The van der Waals surface area contributed by atoms with Crippen molar-refractivity contribution in [3.63, 3.8) is 0 Å². The number of carbonyl (C=O) groups is 1. The third kappa shape index (κ3) is 3.15. The van der Waals surface area contributed by atoms with E-state index in [9.17, 15) is 4.79 Å². The van der Waals surface area contributed by atoms with Crippen molar-refractivity contribution in [1.82, 2.24) is 10.2 Å². The number of nitrogens with zero attached hydrogens (tertiary/aromatic N) is 2. The smallest absolute Gasteiger partial charge is 0.278 e. The summed E-state index contributed by atoms with van der Waals surface area (Å²) in [5.74, 6) is 0.303. The molecule has 1 amide bonds. The largest absolute Gasteiger partial charge is 0.330 e. The summed E-state index contributed by atoms with van der Waals surface area (Å²) in [4.78, 5) is 14.7. The number of aromatic nitrogens is 2. The van der Waals surface area contributed by atoms with Crippen LogP contribution < -0.4 is 10.6 Å². The Morgan fingerprint density at radius 3 is 2.91 bits per heavy atom. The molecule has 0 unspecified atom stereocenters. The van der Waals surface area contributed by atoms with Gasteiger partial charge < -0.3 is 10.6 Å². The van der Waals surface area contributed by atoms with E-state index < -0.39 is 0 Å². The van der Waals surface area contributed by atoms with Crippen LogP contribution in [0.4, 0.5) is 5.69 Å². The summed E-state index contributed by atoms with van der Waals surface area (Å²) >= 11 is 0. The second kappa shape index (κ2) is 6.54. The van der Waals surface area contributed by atoms with E-state index in [0.717, 1.165) is 37.2 Å². The number of carbonyl (C=O) groups excluding carboxylic acids is 1. The second-order valence-electron chi connectivity index (χ2n) is 6.43. The SMILES string of the molecule is CC(C)c1cc(C(=O)N2CCCc3cc(CCN)ccc32)n[nH]1. The first-order valence-electron chi connectivity index (χ1n) is 8.29. The van der Waals surface area contributed by atoms with Crippen molar-refractivity contribution in [3.8, 4) is 0 Å². The zero-order chi connectivity index (χ0) is 16.4.